The second-order valence-corrected chi connectivity index (χ2v) is 4.89. The predicted octanol–water partition coefficient (Wildman–Crippen LogP) is 2.79. The Morgan fingerprint density at radius 3 is 2.81 bits per heavy atom. The fourth-order valence-electron chi connectivity index (χ4n) is 1.59. The SMILES string of the molecule is CCc1nc(NN)cc(Oc2ccc(Br)cc2[N+](=O)[O-])n1. The third-order valence-electron chi connectivity index (χ3n) is 2.55. The summed E-state index contributed by atoms with van der Waals surface area (Å²) >= 11 is 3.18. The molecular weight excluding hydrogens is 342 g/mol. The number of nitrogens with zero attached hydrogens (tertiary/aromatic N) is 3. The molecule has 21 heavy (non-hydrogen) atoms. The number of ether oxygens (including phenoxy) is 1. The van der Waals surface area contributed by atoms with Crippen molar-refractivity contribution < 1.29 is 9.66 Å². The Balaban J connectivity index is 2.40. The lowest BCUT2D eigenvalue weighted by molar-refractivity contribution is -0.385. The highest BCUT2D eigenvalue weighted by molar-refractivity contribution is 9.10. The van der Waals surface area contributed by atoms with E-state index in [1.165, 1.54) is 18.2 Å². The van der Waals surface area contributed by atoms with Gasteiger partial charge in [0, 0.05) is 23.0 Å². The monoisotopic (exact) mass is 353 g/mol. The zero-order chi connectivity index (χ0) is 15.4. The summed E-state index contributed by atoms with van der Waals surface area (Å²) in [4.78, 5) is 18.8. The van der Waals surface area contributed by atoms with E-state index in [4.69, 9.17) is 10.6 Å². The minimum Gasteiger partial charge on any atom is -0.432 e. The number of benzene rings is 1. The number of aromatic nitrogens is 2. The molecule has 0 spiro atoms. The summed E-state index contributed by atoms with van der Waals surface area (Å²) in [7, 11) is 0. The van der Waals surface area contributed by atoms with E-state index in [1.54, 1.807) is 6.07 Å². The summed E-state index contributed by atoms with van der Waals surface area (Å²) in [5, 5.41) is 11.1. The third kappa shape index (κ3) is 3.64. The number of anilines is 1. The lowest BCUT2D eigenvalue weighted by Gasteiger charge is -2.08. The Kier molecular flexibility index (Phi) is 4.66. The van der Waals surface area contributed by atoms with Crippen molar-refractivity contribution in [2.24, 2.45) is 5.84 Å². The van der Waals surface area contributed by atoms with Gasteiger partial charge in [0.1, 0.15) is 11.6 Å². The maximum Gasteiger partial charge on any atom is 0.312 e. The highest BCUT2D eigenvalue weighted by Gasteiger charge is 2.17. The molecule has 0 amide bonds. The van der Waals surface area contributed by atoms with E-state index < -0.39 is 4.92 Å². The zero-order valence-corrected chi connectivity index (χ0v) is 12.6. The largest absolute Gasteiger partial charge is 0.432 e. The molecule has 3 N–H and O–H groups in total. The van der Waals surface area contributed by atoms with E-state index in [0.29, 0.717) is 22.5 Å². The Morgan fingerprint density at radius 2 is 2.19 bits per heavy atom. The fraction of sp³-hybridized carbons (Fsp3) is 0.167. The van der Waals surface area contributed by atoms with Gasteiger partial charge in [-0.15, -0.1) is 0 Å². The summed E-state index contributed by atoms with van der Waals surface area (Å²) < 4.78 is 6.09. The van der Waals surface area contributed by atoms with Crippen molar-refractivity contribution in [3.8, 4) is 11.6 Å². The van der Waals surface area contributed by atoms with Crippen LogP contribution in [-0.2, 0) is 6.42 Å². The van der Waals surface area contributed by atoms with Crippen LogP contribution in [0.25, 0.3) is 0 Å². The normalized spacial score (nSPS) is 10.2. The predicted molar refractivity (Wildman–Crippen MR) is 80.1 cm³/mol. The Bertz CT molecular complexity index is 658. The maximum atomic E-state index is 11.1. The molecule has 0 aliphatic heterocycles. The summed E-state index contributed by atoms with van der Waals surface area (Å²) in [5.74, 6) is 6.48. The minimum absolute atomic E-state index is 0.0897. The number of nitrogens with one attached hydrogen (secondary N) is 1. The first-order valence-electron chi connectivity index (χ1n) is 6.00. The number of hydrazine groups is 1. The molecule has 2 aromatic rings. The van der Waals surface area contributed by atoms with Gasteiger partial charge in [0.2, 0.25) is 11.6 Å². The van der Waals surface area contributed by atoms with Crippen molar-refractivity contribution in [3.05, 3.63) is 44.7 Å². The molecule has 110 valence electrons. The van der Waals surface area contributed by atoms with Crippen LogP contribution in [0, 0.1) is 10.1 Å². The highest BCUT2D eigenvalue weighted by atomic mass is 79.9. The first-order valence-corrected chi connectivity index (χ1v) is 6.79. The van der Waals surface area contributed by atoms with Crippen molar-refractivity contribution in [2.45, 2.75) is 13.3 Å². The molecule has 0 atom stereocenters. The number of halogens is 1. The van der Waals surface area contributed by atoms with E-state index in [-0.39, 0.29) is 17.3 Å². The Labute approximate surface area is 128 Å². The van der Waals surface area contributed by atoms with Gasteiger partial charge in [-0.05, 0) is 12.1 Å². The van der Waals surface area contributed by atoms with Crippen molar-refractivity contribution in [3.63, 3.8) is 0 Å². The van der Waals surface area contributed by atoms with Crippen LogP contribution in [0.1, 0.15) is 12.7 Å². The lowest BCUT2D eigenvalue weighted by Crippen LogP contribution is -2.10. The number of rotatable bonds is 5. The topological polar surface area (TPSA) is 116 Å². The van der Waals surface area contributed by atoms with Crippen LogP contribution in [0.2, 0.25) is 0 Å². The van der Waals surface area contributed by atoms with Crippen LogP contribution in [-0.4, -0.2) is 14.9 Å². The quantitative estimate of drug-likeness (QED) is 0.482. The minimum atomic E-state index is -0.524. The molecule has 2 rings (SSSR count). The molecule has 0 unspecified atom stereocenters. The third-order valence-corrected chi connectivity index (χ3v) is 3.04. The molecule has 0 aliphatic rings. The van der Waals surface area contributed by atoms with Gasteiger partial charge in [-0.1, -0.05) is 22.9 Å². The molecule has 0 saturated carbocycles. The van der Waals surface area contributed by atoms with Crippen LogP contribution in [0.3, 0.4) is 0 Å². The highest BCUT2D eigenvalue weighted by Crippen LogP contribution is 2.33. The molecule has 1 aromatic heterocycles. The molecule has 0 saturated heterocycles. The Morgan fingerprint density at radius 1 is 1.43 bits per heavy atom. The van der Waals surface area contributed by atoms with E-state index in [0.717, 1.165) is 0 Å². The van der Waals surface area contributed by atoms with Gasteiger partial charge in [0.15, 0.2) is 0 Å². The number of nitrogens with two attached hydrogens (primary N) is 1. The number of nitro benzene ring substituents is 1. The molecule has 1 heterocycles. The van der Waals surface area contributed by atoms with Crippen molar-refractivity contribution in [1.82, 2.24) is 9.97 Å². The summed E-state index contributed by atoms with van der Waals surface area (Å²) in [6.45, 7) is 1.88. The second-order valence-electron chi connectivity index (χ2n) is 3.98. The van der Waals surface area contributed by atoms with Crippen LogP contribution in [0.15, 0.2) is 28.7 Å². The number of hydrogen-bond acceptors (Lipinski definition) is 7. The molecule has 8 nitrogen and oxygen atoms in total. The first kappa shape index (κ1) is 15.1. The standard InChI is InChI=1S/C12H12BrN5O3/c1-2-10-15-11(17-14)6-12(16-10)21-9-4-3-7(13)5-8(9)18(19)20/h3-6H,2,14H2,1H3,(H,15,16,17). The second kappa shape index (κ2) is 6.46. The van der Waals surface area contributed by atoms with Crippen LogP contribution in [0.4, 0.5) is 11.5 Å². The van der Waals surface area contributed by atoms with Crippen LogP contribution in [0.5, 0.6) is 11.6 Å². The Hall–Kier alpha value is -2.26. The van der Waals surface area contributed by atoms with Gasteiger partial charge in [0.05, 0.1) is 4.92 Å². The number of nitrogen functional groups attached to an aromatic ring is 1. The van der Waals surface area contributed by atoms with Crippen LogP contribution < -0.4 is 16.0 Å². The lowest BCUT2D eigenvalue weighted by atomic mass is 10.3. The average Bonchev–Trinajstić information content (AvgIpc) is 2.48. The van der Waals surface area contributed by atoms with Crippen molar-refractivity contribution in [2.75, 3.05) is 5.43 Å². The smallest absolute Gasteiger partial charge is 0.312 e. The maximum absolute atomic E-state index is 11.1. The van der Waals surface area contributed by atoms with Crippen LogP contribution >= 0.6 is 15.9 Å². The van der Waals surface area contributed by atoms with E-state index in [9.17, 15) is 10.1 Å². The summed E-state index contributed by atoms with van der Waals surface area (Å²) in [6.07, 6.45) is 0.578. The zero-order valence-electron chi connectivity index (χ0n) is 11.0. The van der Waals surface area contributed by atoms with Gasteiger partial charge in [-0.3, -0.25) is 10.1 Å². The van der Waals surface area contributed by atoms with Crippen molar-refractivity contribution in [1.29, 1.82) is 0 Å². The van der Waals surface area contributed by atoms with E-state index in [1.807, 2.05) is 6.92 Å². The number of hydrogen-bond donors (Lipinski definition) is 2. The van der Waals surface area contributed by atoms with Gasteiger partial charge in [0.25, 0.3) is 0 Å². The number of nitro groups is 1. The fourth-order valence-corrected chi connectivity index (χ4v) is 1.94. The molecule has 9 heteroatoms. The average molecular weight is 354 g/mol. The van der Waals surface area contributed by atoms with E-state index in [2.05, 4.69) is 31.3 Å². The molecular formula is C12H12BrN5O3. The molecule has 0 fully saturated rings. The summed E-state index contributed by atoms with van der Waals surface area (Å²) in [6, 6.07) is 5.96. The van der Waals surface area contributed by atoms with Gasteiger partial charge >= 0.3 is 5.69 Å². The van der Waals surface area contributed by atoms with E-state index >= 15 is 0 Å². The molecule has 0 bridgehead atoms. The molecule has 1 aromatic carbocycles. The number of aryl methyl sites for hydroxylation is 1. The van der Waals surface area contributed by atoms with Gasteiger partial charge < -0.3 is 10.2 Å². The van der Waals surface area contributed by atoms with Gasteiger partial charge in [-0.2, -0.15) is 4.98 Å². The van der Waals surface area contributed by atoms with Gasteiger partial charge in [-0.25, -0.2) is 10.8 Å². The first-order chi connectivity index (χ1) is 10.0. The molecule has 0 aliphatic carbocycles. The van der Waals surface area contributed by atoms with Crippen molar-refractivity contribution >= 4 is 27.4 Å². The molecule has 0 radical (unpaired) electrons. The summed E-state index contributed by atoms with van der Waals surface area (Å²) in [5.41, 5.74) is 2.24.